The summed E-state index contributed by atoms with van der Waals surface area (Å²) in [5.74, 6) is -1.57. The molecule has 0 bridgehead atoms. The fourth-order valence-corrected chi connectivity index (χ4v) is 1.88. The van der Waals surface area contributed by atoms with E-state index >= 15 is 0 Å². The average Bonchev–Trinajstić information content (AvgIpc) is 2.78. The summed E-state index contributed by atoms with van der Waals surface area (Å²) in [5.41, 5.74) is 4.89. The standard InChI is InChI=1S/C11H20N4O4/c12-11(19)14-6-2-4-8(10(17)18)15-9(16)7-3-1-5-13-7/h7-8,13H,1-6H2,(H,15,16)(H,17,18)(H3,12,14,19)/t7-,8-/m0/s1/i/hD. The fraction of sp³-hybridized carbons (Fsp3) is 0.727. The summed E-state index contributed by atoms with van der Waals surface area (Å²) in [6.45, 7) is 0.765. The molecule has 8 nitrogen and oxygen atoms in total. The van der Waals surface area contributed by atoms with Crippen molar-refractivity contribution < 1.29 is 20.9 Å². The van der Waals surface area contributed by atoms with E-state index in [4.69, 9.17) is 12.3 Å². The van der Waals surface area contributed by atoms with Crippen molar-refractivity contribution in [1.29, 1.82) is 0 Å². The maximum Gasteiger partial charge on any atom is 0.326 e. The lowest BCUT2D eigenvalue weighted by molar-refractivity contribution is -0.142. The van der Waals surface area contributed by atoms with Crippen molar-refractivity contribution in [1.82, 2.24) is 15.9 Å². The van der Waals surface area contributed by atoms with Gasteiger partial charge in [-0.05, 0) is 32.2 Å². The van der Waals surface area contributed by atoms with Crippen LogP contribution in [0.4, 0.5) is 4.79 Å². The minimum Gasteiger partial charge on any atom is -0.480 e. The van der Waals surface area contributed by atoms with Crippen molar-refractivity contribution >= 4 is 17.9 Å². The van der Waals surface area contributed by atoms with Crippen LogP contribution in [0.25, 0.3) is 0 Å². The normalized spacial score (nSPS) is 21.5. The van der Waals surface area contributed by atoms with Crippen LogP contribution >= 0.6 is 0 Å². The molecule has 3 amide bonds. The Kier molecular flexibility index (Phi) is 5.42. The zero-order chi connectivity index (χ0) is 15.1. The van der Waals surface area contributed by atoms with Gasteiger partial charge in [-0.15, -0.1) is 0 Å². The van der Waals surface area contributed by atoms with Gasteiger partial charge < -0.3 is 26.8 Å². The number of aliphatic carboxylic acids is 1. The molecular weight excluding hydrogens is 252 g/mol. The number of primary amides is 1. The van der Waals surface area contributed by atoms with Gasteiger partial charge in [0.05, 0.1) is 6.04 Å². The van der Waals surface area contributed by atoms with Crippen LogP contribution in [0.15, 0.2) is 0 Å². The Morgan fingerprint density at radius 2 is 2.26 bits per heavy atom. The summed E-state index contributed by atoms with van der Waals surface area (Å²) < 4.78 is 7.55. The predicted molar refractivity (Wildman–Crippen MR) is 67.4 cm³/mol. The number of carboxylic acids is 1. The molecule has 0 aliphatic carbocycles. The highest BCUT2D eigenvalue weighted by atomic mass is 16.4. The van der Waals surface area contributed by atoms with Crippen LogP contribution in [0.3, 0.4) is 0 Å². The minimum atomic E-state index is -1.13. The Morgan fingerprint density at radius 1 is 1.53 bits per heavy atom. The molecule has 1 fully saturated rings. The zero-order valence-corrected chi connectivity index (χ0v) is 10.6. The molecule has 1 aliphatic heterocycles. The molecule has 108 valence electrons. The number of rotatable bonds is 7. The van der Waals surface area contributed by atoms with Gasteiger partial charge >= 0.3 is 12.0 Å². The molecule has 1 aliphatic rings. The van der Waals surface area contributed by atoms with Crippen LogP contribution in [-0.4, -0.2) is 48.2 Å². The van der Waals surface area contributed by atoms with Crippen molar-refractivity contribution in [2.75, 3.05) is 13.1 Å². The minimum absolute atomic E-state index is 0.187. The molecule has 0 saturated carbocycles. The van der Waals surface area contributed by atoms with E-state index in [9.17, 15) is 14.4 Å². The van der Waals surface area contributed by atoms with E-state index in [0.717, 1.165) is 6.42 Å². The highest BCUT2D eigenvalue weighted by Crippen LogP contribution is 2.06. The van der Waals surface area contributed by atoms with E-state index < -0.39 is 30.0 Å². The van der Waals surface area contributed by atoms with Crippen LogP contribution in [0.2, 0.25) is 1.41 Å². The molecule has 1 rings (SSSR count). The summed E-state index contributed by atoms with van der Waals surface area (Å²) in [4.78, 5) is 33.4. The Balaban J connectivity index is 2.40. The summed E-state index contributed by atoms with van der Waals surface area (Å²) in [5, 5.41) is 15.0. The Labute approximate surface area is 112 Å². The van der Waals surface area contributed by atoms with E-state index in [1.807, 2.05) is 0 Å². The van der Waals surface area contributed by atoms with Gasteiger partial charge in [-0.2, -0.15) is 0 Å². The van der Waals surface area contributed by atoms with Crippen molar-refractivity contribution in [2.45, 2.75) is 37.8 Å². The third-order valence-corrected chi connectivity index (χ3v) is 2.87. The first kappa shape index (κ1) is 13.6. The van der Waals surface area contributed by atoms with Crippen molar-refractivity contribution in [3.63, 3.8) is 0 Å². The second-order valence-corrected chi connectivity index (χ2v) is 4.40. The molecule has 1 heterocycles. The van der Waals surface area contributed by atoms with Crippen LogP contribution < -0.4 is 21.7 Å². The van der Waals surface area contributed by atoms with Crippen molar-refractivity contribution in [3.8, 4) is 0 Å². The average molecular weight is 273 g/mol. The number of carbonyl (C=O) groups excluding carboxylic acids is 2. The van der Waals surface area contributed by atoms with E-state index in [2.05, 4.69) is 10.6 Å². The highest BCUT2D eigenvalue weighted by molar-refractivity contribution is 5.87. The van der Waals surface area contributed by atoms with Gasteiger partial charge in [0.1, 0.15) is 7.45 Å². The lowest BCUT2D eigenvalue weighted by atomic mass is 10.1. The number of carboxylic acid groups (broad SMARTS) is 1. The molecule has 0 aromatic carbocycles. The molecule has 0 aromatic heterocycles. The first-order valence-electron chi connectivity index (χ1n) is 6.68. The summed E-state index contributed by atoms with van der Waals surface area (Å²) in [7, 11) is 0. The van der Waals surface area contributed by atoms with Crippen molar-refractivity contribution in [2.24, 2.45) is 5.73 Å². The quantitative estimate of drug-likeness (QED) is 0.370. The molecule has 1 saturated heterocycles. The fourth-order valence-electron chi connectivity index (χ4n) is 1.88. The van der Waals surface area contributed by atoms with E-state index in [1.54, 1.807) is 0 Å². The second kappa shape index (κ2) is 7.57. The Hall–Kier alpha value is -1.83. The van der Waals surface area contributed by atoms with Crippen LogP contribution in [0.1, 0.15) is 25.7 Å². The molecule has 0 unspecified atom stereocenters. The van der Waals surface area contributed by atoms with Crippen molar-refractivity contribution in [3.05, 3.63) is 0 Å². The SMILES string of the molecule is [2H]N1CCC[C@H]1C(=O)N[C@@H](CCCNC(N)=O)C(=O)O. The maximum atomic E-state index is 11.9. The van der Waals surface area contributed by atoms with Gasteiger partial charge in [-0.3, -0.25) is 4.79 Å². The molecule has 0 aromatic rings. The Bertz CT molecular complexity index is 379. The molecule has 2 atom stereocenters. The largest absolute Gasteiger partial charge is 0.480 e. The number of hydrogen-bond donors (Lipinski definition) is 5. The predicted octanol–water partition coefficient (Wildman–Crippen LogP) is -1.24. The topological polar surface area (TPSA) is 134 Å². The number of nitrogens with one attached hydrogen (secondary N) is 3. The summed E-state index contributed by atoms with van der Waals surface area (Å²) in [6.07, 6.45) is 1.88. The third-order valence-electron chi connectivity index (χ3n) is 2.87. The van der Waals surface area contributed by atoms with Gasteiger partial charge in [-0.1, -0.05) is 0 Å². The zero-order valence-electron chi connectivity index (χ0n) is 11.6. The number of amides is 3. The van der Waals surface area contributed by atoms with Gasteiger partial charge in [0.2, 0.25) is 5.91 Å². The molecule has 6 N–H and O–H groups in total. The van der Waals surface area contributed by atoms with Gasteiger partial charge in [-0.25, -0.2) is 9.59 Å². The number of carbonyl (C=O) groups is 3. The van der Waals surface area contributed by atoms with Crippen LogP contribution in [-0.2, 0) is 9.59 Å². The summed E-state index contributed by atoms with van der Waals surface area (Å²) >= 11 is 0. The number of hydrogen-bond acceptors (Lipinski definition) is 4. The number of urea groups is 1. The van der Waals surface area contributed by atoms with Crippen LogP contribution in [0.5, 0.6) is 0 Å². The monoisotopic (exact) mass is 273 g/mol. The van der Waals surface area contributed by atoms with Crippen LogP contribution in [0, 0.1) is 0 Å². The molecule has 0 radical (unpaired) electrons. The third kappa shape index (κ3) is 5.56. The number of nitrogens with two attached hydrogens (primary N) is 1. The maximum absolute atomic E-state index is 11.9. The molecular formula is C11H20N4O4. The van der Waals surface area contributed by atoms with Gasteiger partial charge in [0.25, 0.3) is 0 Å². The smallest absolute Gasteiger partial charge is 0.326 e. The lowest BCUT2D eigenvalue weighted by Gasteiger charge is -2.17. The Morgan fingerprint density at radius 3 is 2.79 bits per heavy atom. The molecule has 19 heavy (non-hydrogen) atoms. The highest BCUT2D eigenvalue weighted by Gasteiger charge is 2.26. The first-order chi connectivity index (χ1) is 9.41. The molecule has 8 heteroatoms. The molecule has 0 spiro atoms. The van der Waals surface area contributed by atoms with E-state index in [0.29, 0.717) is 19.4 Å². The second-order valence-electron chi connectivity index (χ2n) is 4.40. The lowest BCUT2D eigenvalue weighted by Crippen LogP contribution is -2.48. The summed E-state index contributed by atoms with van der Waals surface area (Å²) in [6, 6.07) is -2.27. The van der Waals surface area contributed by atoms with E-state index in [-0.39, 0.29) is 13.0 Å². The van der Waals surface area contributed by atoms with Gasteiger partial charge in [0, 0.05) is 6.54 Å². The van der Waals surface area contributed by atoms with E-state index in [1.165, 1.54) is 5.31 Å². The van der Waals surface area contributed by atoms with Gasteiger partial charge in [0.15, 0.2) is 0 Å². The first-order valence-corrected chi connectivity index (χ1v) is 6.24.